The number of hydrogen-bond acceptors (Lipinski definition) is 2. The van der Waals surface area contributed by atoms with E-state index in [4.69, 9.17) is 10.5 Å². The van der Waals surface area contributed by atoms with E-state index in [0.717, 1.165) is 19.3 Å². The molecule has 1 unspecified atom stereocenters. The van der Waals surface area contributed by atoms with E-state index >= 15 is 0 Å². The second kappa shape index (κ2) is 6.43. The number of hydrogen-bond donors (Lipinski definition) is 1. The van der Waals surface area contributed by atoms with Crippen molar-refractivity contribution in [2.75, 3.05) is 0 Å². The van der Waals surface area contributed by atoms with Crippen molar-refractivity contribution in [1.82, 2.24) is 0 Å². The molecule has 1 saturated carbocycles. The molecule has 0 aliphatic heterocycles. The van der Waals surface area contributed by atoms with Crippen molar-refractivity contribution in [3.05, 3.63) is 35.9 Å². The van der Waals surface area contributed by atoms with E-state index in [1.54, 1.807) is 0 Å². The molecule has 1 fully saturated rings. The van der Waals surface area contributed by atoms with Crippen molar-refractivity contribution >= 4 is 6.09 Å². The number of benzene rings is 1. The van der Waals surface area contributed by atoms with Crippen LogP contribution in [0.2, 0.25) is 0 Å². The minimum atomic E-state index is -0.651. The Morgan fingerprint density at radius 1 is 1.22 bits per heavy atom. The van der Waals surface area contributed by atoms with E-state index in [0.29, 0.717) is 5.92 Å². The lowest BCUT2D eigenvalue weighted by Crippen LogP contribution is -2.32. The Balaban J connectivity index is 2.02. The summed E-state index contributed by atoms with van der Waals surface area (Å²) < 4.78 is 5.33. The topological polar surface area (TPSA) is 52.3 Å². The molecule has 1 aromatic rings. The summed E-state index contributed by atoms with van der Waals surface area (Å²) in [6.45, 7) is 0. The van der Waals surface area contributed by atoms with Crippen LogP contribution in [0.15, 0.2) is 30.3 Å². The van der Waals surface area contributed by atoms with Crippen LogP contribution >= 0.6 is 0 Å². The zero-order valence-electron chi connectivity index (χ0n) is 10.7. The van der Waals surface area contributed by atoms with Crippen molar-refractivity contribution in [3.8, 4) is 0 Å². The molecule has 3 heteroatoms. The fourth-order valence-electron chi connectivity index (χ4n) is 2.81. The SMILES string of the molecule is NC(=O)OC(Cc1ccccc1)C1CCCCC1. The van der Waals surface area contributed by atoms with Crippen molar-refractivity contribution in [2.24, 2.45) is 11.7 Å². The molecule has 1 atom stereocenters. The maximum Gasteiger partial charge on any atom is 0.404 e. The fourth-order valence-corrected chi connectivity index (χ4v) is 2.81. The standard InChI is InChI=1S/C15H21NO2/c16-15(17)18-14(13-9-5-2-6-10-13)11-12-7-3-1-4-8-12/h1,3-4,7-8,13-14H,2,5-6,9-11H2,(H2,16,17). The summed E-state index contributed by atoms with van der Waals surface area (Å²) in [6, 6.07) is 10.2. The molecule has 1 aliphatic rings. The van der Waals surface area contributed by atoms with Crippen LogP contribution in [0.5, 0.6) is 0 Å². The number of carbonyl (C=O) groups excluding carboxylic acids is 1. The van der Waals surface area contributed by atoms with Crippen LogP contribution in [0, 0.1) is 5.92 Å². The van der Waals surface area contributed by atoms with Gasteiger partial charge in [-0.2, -0.15) is 0 Å². The highest BCUT2D eigenvalue weighted by Gasteiger charge is 2.26. The van der Waals surface area contributed by atoms with Gasteiger partial charge in [-0.15, -0.1) is 0 Å². The number of rotatable bonds is 4. The summed E-state index contributed by atoms with van der Waals surface area (Å²) in [5, 5.41) is 0. The van der Waals surface area contributed by atoms with Crippen LogP contribution < -0.4 is 5.73 Å². The second-order valence-electron chi connectivity index (χ2n) is 5.06. The minimum Gasteiger partial charge on any atom is -0.446 e. The summed E-state index contributed by atoms with van der Waals surface area (Å²) in [4.78, 5) is 11.0. The predicted octanol–water partition coefficient (Wildman–Crippen LogP) is 3.27. The van der Waals surface area contributed by atoms with E-state index in [1.165, 1.54) is 24.8 Å². The Hall–Kier alpha value is -1.51. The van der Waals surface area contributed by atoms with E-state index in [-0.39, 0.29) is 6.10 Å². The Bertz CT molecular complexity index is 371. The summed E-state index contributed by atoms with van der Waals surface area (Å²) >= 11 is 0. The first-order valence-electron chi connectivity index (χ1n) is 6.75. The number of carbonyl (C=O) groups is 1. The first-order valence-corrected chi connectivity index (χ1v) is 6.75. The Kier molecular flexibility index (Phi) is 4.62. The van der Waals surface area contributed by atoms with E-state index < -0.39 is 6.09 Å². The first-order chi connectivity index (χ1) is 8.75. The quantitative estimate of drug-likeness (QED) is 0.887. The zero-order chi connectivity index (χ0) is 12.8. The molecule has 0 bridgehead atoms. The molecule has 0 radical (unpaired) electrons. The monoisotopic (exact) mass is 247 g/mol. The van der Waals surface area contributed by atoms with Crippen LogP contribution in [0.25, 0.3) is 0 Å². The molecule has 1 aliphatic carbocycles. The van der Waals surface area contributed by atoms with Crippen molar-refractivity contribution < 1.29 is 9.53 Å². The highest BCUT2D eigenvalue weighted by Crippen LogP contribution is 2.29. The molecular weight excluding hydrogens is 226 g/mol. The second-order valence-corrected chi connectivity index (χ2v) is 5.06. The van der Waals surface area contributed by atoms with Crippen molar-refractivity contribution in [2.45, 2.75) is 44.6 Å². The Morgan fingerprint density at radius 2 is 1.89 bits per heavy atom. The highest BCUT2D eigenvalue weighted by molar-refractivity contribution is 5.64. The largest absolute Gasteiger partial charge is 0.446 e. The number of primary amides is 1. The fraction of sp³-hybridized carbons (Fsp3) is 0.533. The van der Waals surface area contributed by atoms with Gasteiger partial charge < -0.3 is 10.5 Å². The third kappa shape index (κ3) is 3.76. The molecule has 1 aromatic carbocycles. The average molecular weight is 247 g/mol. The number of ether oxygens (including phenoxy) is 1. The van der Waals surface area contributed by atoms with E-state index in [1.807, 2.05) is 18.2 Å². The van der Waals surface area contributed by atoms with Gasteiger partial charge in [-0.1, -0.05) is 49.6 Å². The first kappa shape index (κ1) is 12.9. The van der Waals surface area contributed by atoms with Crippen LogP contribution in [0.1, 0.15) is 37.7 Å². The summed E-state index contributed by atoms with van der Waals surface area (Å²) in [5.74, 6) is 0.464. The molecule has 98 valence electrons. The molecule has 3 nitrogen and oxygen atoms in total. The molecule has 0 saturated heterocycles. The van der Waals surface area contributed by atoms with Gasteiger partial charge in [0.15, 0.2) is 0 Å². The van der Waals surface area contributed by atoms with Gasteiger partial charge in [-0.25, -0.2) is 4.79 Å². The van der Waals surface area contributed by atoms with Gasteiger partial charge in [0.1, 0.15) is 6.10 Å². The molecule has 2 rings (SSSR count). The van der Waals surface area contributed by atoms with Crippen molar-refractivity contribution in [1.29, 1.82) is 0 Å². The highest BCUT2D eigenvalue weighted by atomic mass is 16.6. The van der Waals surface area contributed by atoms with E-state index in [2.05, 4.69) is 12.1 Å². The molecule has 0 heterocycles. The third-order valence-corrected chi connectivity index (χ3v) is 3.72. The summed E-state index contributed by atoms with van der Waals surface area (Å²) in [5.41, 5.74) is 6.40. The van der Waals surface area contributed by atoms with E-state index in [9.17, 15) is 4.79 Å². The lowest BCUT2D eigenvalue weighted by molar-refractivity contribution is 0.0544. The van der Waals surface area contributed by atoms with Gasteiger partial charge in [0.2, 0.25) is 0 Å². The molecule has 1 amide bonds. The summed E-state index contributed by atoms with van der Waals surface area (Å²) in [6.07, 6.45) is 6.11. The van der Waals surface area contributed by atoms with Crippen LogP contribution in [-0.2, 0) is 11.2 Å². The minimum absolute atomic E-state index is 0.0646. The molecule has 2 N–H and O–H groups in total. The smallest absolute Gasteiger partial charge is 0.404 e. The molecule has 0 aromatic heterocycles. The van der Waals surface area contributed by atoms with Crippen LogP contribution in [0.3, 0.4) is 0 Å². The van der Waals surface area contributed by atoms with Gasteiger partial charge in [-0.3, -0.25) is 0 Å². The van der Waals surface area contributed by atoms with Gasteiger partial charge in [0, 0.05) is 6.42 Å². The molecular formula is C15H21NO2. The van der Waals surface area contributed by atoms with Crippen molar-refractivity contribution in [3.63, 3.8) is 0 Å². The number of nitrogens with two attached hydrogens (primary N) is 1. The Labute approximate surface area is 108 Å². The van der Waals surface area contributed by atoms with Gasteiger partial charge in [0.05, 0.1) is 0 Å². The van der Waals surface area contributed by atoms with Gasteiger partial charge >= 0.3 is 6.09 Å². The predicted molar refractivity (Wildman–Crippen MR) is 71.2 cm³/mol. The maximum absolute atomic E-state index is 11.0. The van der Waals surface area contributed by atoms with Crippen LogP contribution in [0.4, 0.5) is 4.79 Å². The van der Waals surface area contributed by atoms with Gasteiger partial charge in [0.25, 0.3) is 0 Å². The zero-order valence-corrected chi connectivity index (χ0v) is 10.7. The molecule has 18 heavy (non-hydrogen) atoms. The molecule has 0 spiro atoms. The third-order valence-electron chi connectivity index (χ3n) is 3.72. The van der Waals surface area contributed by atoms with Gasteiger partial charge in [-0.05, 0) is 24.3 Å². The van der Waals surface area contributed by atoms with Crippen LogP contribution in [-0.4, -0.2) is 12.2 Å². The average Bonchev–Trinajstić information content (AvgIpc) is 2.40. The lowest BCUT2D eigenvalue weighted by Gasteiger charge is -2.29. The summed E-state index contributed by atoms with van der Waals surface area (Å²) in [7, 11) is 0. The number of amides is 1. The normalized spacial score (nSPS) is 18.2. The maximum atomic E-state index is 11.0. The lowest BCUT2D eigenvalue weighted by atomic mass is 9.83. The Morgan fingerprint density at radius 3 is 2.50 bits per heavy atom.